The minimum absolute atomic E-state index is 0.203. The van der Waals surface area contributed by atoms with Crippen LogP contribution in [0.25, 0.3) is 0 Å². The molecule has 2 rings (SSSR count). The van der Waals surface area contributed by atoms with Crippen molar-refractivity contribution in [2.45, 2.75) is 64.4 Å². The molecule has 2 heteroatoms. The molecule has 102 valence electrons. The molecule has 2 nitrogen and oxygen atoms in total. The van der Waals surface area contributed by atoms with Gasteiger partial charge in [-0.25, -0.2) is 4.79 Å². The summed E-state index contributed by atoms with van der Waals surface area (Å²) in [6.45, 7) is 7.96. The van der Waals surface area contributed by atoms with Crippen molar-refractivity contribution in [3.63, 3.8) is 0 Å². The Kier molecular flexibility index (Phi) is 4.14. The molecular weight excluding hydrogens is 224 g/mol. The molecule has 2 aliphatic carbocycles. The minimum Gasteiger partial charge on any atom is -0.455 e. The van der Waals surface area contributed by atoms with Crippen molar-refractivity contribution >= 4 is 5.97 Å². The Morgan fingerprint density at radius 3 is 2.72 bits per heavy atom. The van der Waals surface area contributed by atoms with Crippen LogP contribution in [0.1, 0.15) is 58.8 Å². The second kappa shape index (κ2) is 5.46. The lowest BCUT2D eigenvalue weighted by molar-refractivity contribution is -0.166. The third kappa shape index (κ3) is 2.10. The lowest BCUT2D eigenvalue weighted by Gasteiger charge is -2.41. The molecule has 4 unspecified atom stereocenters. The highest BCUT2D eigenvalue weighted by Crippen LogP contribution is 2.55. The van der Waals surface area contributed by atoms with Crippen molar-refractivity contribution in [3.8, 4) is 0 Å². The van der Waals surface area contributed by atoms with Gasteiger partial charge in [-0.15, -0.1) is 0 Å². The predicted octanol–water partition coefficient (Wildman–Crippen LogP) is 4.10. The molecule has 2 saturated carbocycles. The van der Waals surface area contributed by atoms with Crippen LogP contribution >= 0.6 is 0 Å². The fourth-order valence-electron chi connectivity index (χ4n) is 4.52. The molecule has 18 heavy (non-hydrogen) atoms. The lowest BCUT2D eigenvalue weighted by atomic mass is 9.73. The van der Waals surface area contributed by atoms with Gasteiger partial charge in [0.05, 0.1) is 0 Å². The maximum atomic E-state index is 11.7. The van der Waals surface area contributed by atoms with Gasteiger partial charge in [-0.3, -0.25) is 0 Å². The van der Waals surface area contributed by atoms with E-state index in [-0.39, 0.29) is 11.6 Å². The largest absolute Gasteiger partial charge is 0.455 e. The normalized spacial score (nSPS) is 39.1. The van der Waals surface area contributed by atoms with E-state index < -0.39 is 0 Å². The number of ether oxygens (including phenoxy) is 1. The molecule has 0 amide bonds. The smallest absolute Gasteiger partial charge is 0.330 e. The topological polar surface area (TPSA) is 26.3 Å². The van der Waals surface area contributed by atoms with E-state index in [4.69, 9.17) is 4.74 Å². The van der Waals surface area contributed by atoms with E-state index in [0.29, 0.717) is 11.8 Å². The number of hydrogen-bond donors (Lipinski definition) is 0. The fourth-order valence-corrected chi connectivity index (χ4v) is 4.52. The molecule has 0 heterocycles. The summed E-state index contributed by atoms with van der Waals surface area (Å²) in [6, 6.07) is 0. The van der Waals surface area contributed by atoms with Gasteiger partial charge in [0.25, 0.3) is 0 Å². The van der Waals surface area contributed by atoms with Crippen molar-refractivity contribution in [2.24, 2.45) is 17.8 Å². The Morgan fingerprint density at radius 1 is 1.39 bits per heavy atom. The van der Waals surface area contributed by atoms with E-state index in [1.165, 1.54) is 38.2 Å². The Bertz CT molecular complexity index is 323. The van der Waals surface area contributed by atoms with E-state index in [9.17, 15) is 4.79 Å². The van der Waals surface area contributed by atoms with Crippen LogP contribution in [0.5, 0.6) is 0 Å². The Morgan fingerprint density at radius 2 is 2.11 bits per heavy atom. The first kappa shape index (κ1) is 13.6. The zero-order valence-electron chi connectivity index (χ0n) is 11.8. The lowest BCUT2D eigenvalue weighted by Crippen LogP contribution is -2.45. The SMILES string of the molecule is C=CC(=O)OC1(CC)C(CC)CC2CCCCC21. The second-order valence-electron chi connectivity index (χ2n) is 5.93. The third-order valence-corrected chi connectivity index (χ3v) is 5.32. The van der Waals surface area contributed by atoms with Crippen LogP contribution in [0.3, 0.4) is 0 Å². The van der Waals surface area contributed by atoms with Crippen LogP contribution in [0.4, 0.5) is 0 Å². The first-order chi connectivity index (χ1) is 8.67. The molecule has 2 fully saturated rings. The van der Waals surface area contributed by atoms with Crippen molar-refractivity contribution in [1.29, 1.82) is 0 Å². The highest BCUT2D eigenvalue weighted by atomic mass is 16.6. The summed E-state index contributed by atoms with van der Waals surface area (Å²) in [4.78, 5) is 11.7. The molecule has 0 radical (unpaired) electrons. The molecule has 0 aromatic carbocycles. The quantitative estimate of drug-likeness (QED) is 0.554. The number of rotatable bonds is 4. The van der Waals surface area contributed by atoms with Crippen LogP contribution < -0.4 is 0 Å². The van der Waals surface area contributed by atoms with Gasteiger partial charge in [0.1, 0.15) is 5.60 Å². The number of fused-ring (bicyclic) bond motifs is 1. The number of carbonyl (C=O) groups is 1. The summed E-state index contributed by atoms with van der Waals surface area (Å²) in [5.74, 6) is 1.67. The van der Waals surface area contributed by atoms with Crippen LogP contribution in [0.15, 0.2) is 12.7 Å². The summed E-state index contributed by atoms with van der Waals surface area (Å²) in [5, 5.41) is 0. The molecule has 0 N–H and O–H groups in total. The van der Waals surface area contributed by atoms with Crippen LogP contribution in [-0.4, -0.2) is 11.6 Å². The summed E-state index contributed by atoms with van der Waals surface area (Å²) in [5.41, 5.74) is -0.203. The summed E-state index contributed by atoms with van der Waals surface area (Å²) in [6.07, 6.45) is 9.85. The molecule has 4 atom stereocenters. The van der Waals surface area contributed by atoms with Crippen molar-refractivity contribution in [2.75, 3.05) is 0 Å². The van der Waals surface area contributed by atoms with Crippen molar-refractivity contribution < 1.29 is 9.53 Å². The van der Waals surface area contributed by atoms with Gasteiger partial charge in [0.15, 0.2) is 0 Å². The zero-order valence-corrected chi connectivity index (χ0v) is 11.8. The van der Waals surface area contributed by atoms with Crippen molar-refractivity contribution in [1.82, 2.24) is 0 Å². The fraction of sp³-hybridized carbons (Fsp3) is 0.812. The standard InChI is InChI=1S/C16H26O2/c1-4-13-11-12-9-7-8-10-14(12)16(13,6-3)18-15(17)5-2/h5,12-14H,2,4,6-11H2,1,3H3. The van der Waals surface area contributed by atoms with Crippen molar-refractivity contribution in [3.05, 3.63) is 12.7 Å². The molecule has 0 aromatic heterocycles. The van der Waals surface area contributed by atoms with Gasteiger partial charge in [-0.1, -0.05) is 39.7 Å². The summed E-state index contributed by atoms with van der Waals surface area (Å²) < 4.78 is 5.91. The number of esters is 1. The molecule has 0 aliphatic heterocycles. The average Bonchev–Trinajstić information content (AvgIpc) is 2.73. The average molecular weight is 250 g/mol. The van der Waals surface area contributed by atoms with Gasteiger partial charge in [0, 0.05) is 12.0 Å². The first-order valence-electron chi connectivity index (χ1n) is 7.53. The van der Waals surface area contributed by atoms with Crippen LogP contribution in [-0.2, 0) is 9.53 Å². The number of carbonyl (C=O) groups excluding carboxylic acids is 1. The second-order valence-corrected chi connectivity index (χ2v) is 5.93. The summed E-state index contributed by atoms with van der Waals surface area (Å²) >= 11 is 0. The molecule has 0 aromatic rings. The molecule has 0 saturated heterocycles. The maximum absolute atomic E-state index is 11.7. The van der Waals surface area contributed by atoms with Crippen LogP contribution in [0.2, 0.25) is 0 Å². The van der Waals surface area contributed by atoms with Gasteiger partial charge in [-0.2, -0.15) is 0 Å². The van der Waals surface area contributed by atoms with E-state index in [1.807, 2.05) is 0 Å². The van der Waals surface area contributed by atoms with E-state index in [0.717, 1.165) is 18.8 Å². The Balaban J connectivity index is 2.27. The highest BCUT2D eigenvalue weighted by Gasteiger charge is 2.55. The molecule has 0 spiro atoms. The monoisotopic (exact) mass is 250 g/mol. The van der Waals surface area contributed by atoms with Gasteiger partial charge in [-0.05, 0) is 37.5 Å². The minimum atomic E-state index is -0.235. The van der Waals surface area contributed by atoms with Gasteiger partial charge >= 0.3 is 5.97 Å². The zero-order chi connectivity index (χ0) is 13.2. The highest BCUT2D eigenvalue weighted by molar-refractivity contribution is 5.81. The van der Waals surface area contributed by atoms with Crippen LogP contribution in [0, 0.1) is 17.8 Å². The van der Waals surface area contributed by atoms with Gasteiger partial charge < -0.3 is 4.74 Å². The maximum Gasteiger partial charge on any atom is 0.330 e. The Hall–Kier alpha value is -0.790. The third-order valence-electron chi connectivity index (χ3n) is 5.32. The number of hydrogen-bond acceptors (Lipinski definition) is 2. The van der Waals surface area contributed by atoms with Gasteiger partial charge in [0.2, 0.25) is 0 Å². The van der Waals surface area contributed by atoms with E-state index in [1.54, 1.807) is 0 Å². The summed E-state index contributed by atoms with van der Waals surface area (Å²) in [7, 11) is 0. The van der Waals surface area contributed by atoms with E-state index in [2.05, 4.69) is 20.4 Å². The molecular formula is C16H26O2. The predicted molar refractivity (Wildman–Crippen MR) is 73.2 cm³/mol. The Labute approximate surface area is 111 Å². The molecule has 2 aliphatic rings. The molecule has 0 bridgehead atoms. The van der Waals surface area contributed by atoms with E-state index >= 15 is 0 Å². The first-order valence-corrected chi connectivity index (χ1v) is 7.53.